The van der Waals surface area contributed by atoms with Crippen LogP contribution in [0.15, 0.2) is 30.6 Å². The van der Waals surface area contributed by atoms with E-state index < -0.39 is 12.1 Å². The van der Waals surface area contributed by atoms with Crippen molar-refractivity contribution in [3.63, 3.8) is 0 Å². The van der Waals surface area contributed by atoms with Gasteiger partial charge in [-0.2, -0.15) is 13.2 Å². The standard InChI is InChI=1S/C24H29F3N2O/c1-22-10-9-19-16(18(22)7-6-17(22)15-4-3-12-28-14-15)5-8-20-23(19,2)11-13-29(20)21(30)24(25,26)27/h3-4,6,12,14,16,18-20H,5,7-11,13H2,1-2H3. The number of nitrogens with zero attached hydrogens (tertiary/aromatic N) is 2. The molecule has 3 nitrogen and oxygen atoms in total. The SMILES string of the molecule is CC12CCC3C(CCC4N(C(=O)C(F)(F)F)CCC34C)C1CC=C2c1cccnc1. The summed E-state index contributed by atoms with van der Waals surface area (Å²) >= 11 is 0. The monoisotopic (exact) mass is 418 g/mol. The first-order valence-corrected chi connectivity index (χ1v) is 11.1. The highest BCUT2D eigenvalue weighted by Gasteiger charge is 2.62. The van der Waals surface area contributed by atoms with Crippen molar-refractivity contribution in [2.45, 2.75) is 64.6 Å². The number of fused-ring (bicyclic) bond motifs is 5. The molecule has 1 saturated heterocycles. The zero-order chi connectivity index (χ0) is 21.3. The van der Waals surface area contributed by atoms with E-state index in [2.05, 4.69) is 31.0 Å². The van der Waals surface area contributed by atoms with Crippen LogP contribution in [-0.2, 0) is 4.79 Å². The molecule has 2 saturated carbocycles. The number of carbonyl (C=O) groups is 1. The fourth-order valence-corrected chi connectivity index (χ4v) is 7.76. The van der Waals surface area contributed by atoms with Crippen LogP contribution in [0.2, 0.25) is 0 Å². The molecule has 30 heavy (non-hydrogen) atoms. The molecule has 3 aliphatic carbocycles. The molecule has 0 radical (unpaired) electrons. The molecule has 5 rings (SSSR count). The van der Waals surface area contributed by atoms with Gasteiger partial charge in [-0.1, -0.05) is 26.0 Å². The van der Waals surface area contributed by atoms with Crippen LogP contribution < -0.4 is 0 Å². The van der Waals surface area contributed by atoms with E-state index in [1.54, 1.807) is 6.20 Å². The van der Waals surface area contributed by atoms with E-state index in [0.29, 0.717) is 30.6 Å². The number of halogens is 3. The highest BCUT2D eigenvalue weighted by atomic mass is 19.4. The maximum atomic E-state index is 13.1. The Hall–Kier alpha value is -1.85. The highest BCUT2D eigenvalue weighted by molar-refractivity contribution is 5.82. The van der Waals surface area contributed by atoms with Crippen molar-refractivity contribution in [1.29, 1.82) is 0 Å². The van der Waals surface area contributed by atoms with Crippen molar-refractivity contribution >= 4 is 11.5 Å². The fourth-order valence-electron chi connectivity index (χ4n) is 7.76. The van der Waals surface area contributed by atoms with Gasteiger partial charge in [0.25, 0.3) is 0 Å². The molecule has 2 heterocycles. The Morgan fingerprint density at radius 3 is 2.67 bits per heavy atom. The number of alkyl halides is 3. The molecule has 1 aromatic heterocycles. The number of carbonyl (C=O) groups excluding carboxylic acids is 1. The molecule has 0 bridgehead atoms. The molecule has 162 valence electrons. The van der Waals surface area contributed by atoms with Crippen molar-refractivity contribution in [2.75, 3.05) is 6.54 Å². The molecule has 1 aliphatic heterocycles. The van der Waals surface area contributed by atoms with Gasteiger partial charge in [0.05, 0.1) is 0 Å². The molecule has 0 aromatic carbocycles. The lowest BCUT2D eigenvalue weighted by atomic mass is 9.48. The molecule has 1 aromatic rings. The van der Waals surface area contributed by atoms with E-state index in [1.807, 2.05) is 12.3 Å². The molecular weight excluding hydrogens is 389 g/mol. The molecule has 6 unspecified atom stereocenters. The van der Waals surface area contributed by atoms with Gasteiger partial charge in [-0.3, -0.25) is 9.78 Å². The Kier molecular flexibility index (Phi) is 4.40. The van der Waals surface area contributed by atoms with Gasteiger partial charge in [0, 0.05) is 25.0 Å². The number of pyridine rings is 1. The maximum absolute atomic E-state index is 13.1. The van der Waals surface area contributed by atoms with Gasteiger partial charge in [0.15, 0.2) is 0 Å². The average Bonchev–Trinajstić information content (AvgIpc) is 3.24. The van der Waals surface area contributed by atoms with Gasteiger partial charge in [-0.25, -0.2) is 0 Å². The number of hydrogen-bond donors (Lipinski definition) is 0. The number of likely N-dealkylation sites (tertiary alicyclic amines) is 1. The minimum absolute atomic E-state index is 0.105. The zero-order valence-electron chi connectivity index (χ0n) is 17.6. The van der Waals surface area contributed by atoms with E-state index in [9.17, 15) is 18.0 Å². The van der Waals surface area contributed by atoms with Crippen molar-refractivity contribution < 1.29 is 18.0 Å². The third-order valence-electron chi connectivity index (χ3n) is 9.14. The third kappa shape index (κ3) is 2.71. The Bertz CT molecular complexity index is 882. The Morgan fingerprint density at radius 1 is 1.17 bits per heavy atom. The summed E-state index contributed by atoms with van der Waals surface area (Å²) in [4.78, 5) is 17.5. The minimum Gasteiger partial charge on any atom is -0.331 e. The van der Waals surface area contributed by atoms with Gasteiger partial charge in [0.2, 0.25) is 0 Å². The molecule has 4 aliphatic rings. The fraction of sp³-hybridized carbons (Fsp3) is 0.667. The second-order valence-corrected chi connectivity index (χ2v) is 10.3. The quantitative estimate of drug-likeness (QED) is 0.605. The van der Waals surface area contributed by atoms with Gasteiger partial charge in [-0.15, -0.1) is 0 Å². The molecule has 6 heteroatoms. The summed E-state index contributed by atoms with van der Waals surface area (Å²) in [5, 5.41) is 0. The van der Waals surface area contributed by atoms with Crippen LogP contribution >= 0.6 is 0 Å². The summed E-state index contributed by atoms with van der Waals surface area (Å²) in [5.74, 6) is -0.216. The van der Waals surface area contributed by atoms with E-state index in [4.69, 9.17) is 0 Å². The first kappa shape index (κ1) is 20.1. The van der Waals surface area contributed by atoms with E-state index in [0.717, 1.165) is 30.6 Å². The van der Waals surface area contributed by atoms with Gasteiger partial charge >= 0.3 is 12.1 Å². The second kappa shape index (κ2) is 6.57. The van der Waals surface area contributed by atoms with Crippen molar-refractivity contribution in [1.82, 2.24) is 9.88 Å². The lowest BCUT2D eigenvalue weighted by molar-refractivity contribution is -0.189. The zero-order valence-corrected chi connectivity index (χ0v) is 17.6. The third-order valence-corrected chi connectivity index (χ3v) is 9.14. The first-order chi connectivity index (χ1) is 14.2. The minimum atomic E-state index is -4.78. The van der Waals surface area contributed by atoms with Crippen molar-refractivity contribution in [3.8, 4) is 0 Å². The number of rotatable bonds is 1. The Balaban J connectivity index is 1.41. The molecule has 1 amide bonds. The number of hydrogen-bond acceptors (Lipinski definition) is 2. The van der Waals surface area contributed by atoms with E-state index in [1.165, 1.54) is 11.1 Å². The Morgan fingerprint density at radius 2 is 1.97 bits per heavy atom. The van der Waals surface area contributed by atoms with Crippen LogP contribution in [0, 0.1) is 28.6 Å². The summed E-state index contributed by atoms with van der Waals surface area (Å²) in [6.45, 7) is 4.78. The Labute approximate surface area is 175 Å². The summed E-state index contributed by atoms with van der Waals surface area (Å²) in [7, 11) is 0. The lowest BCUT2D eigenvalue weighted by Gasteiger charge is -2.57. The largest absolute Gasteiger partial charge is 0.471 e. The van der Waals surface area contributed by atoms with Crippen molar-refractivity contribution in [2.24, 2.45) is 28.6 Å². The highest BCUT2D eigenvalue weighted by Crippen LogP contribution is 2.66. The number of amides is 1. The maximum Gasteiger partial charge on any atom is 0.471 e. The van der Waals surface area contributed by atoms with Crippen LogP contribution in [0.3, 0.4) is 0 Å². The predicted octanol–water partition coefficient (Wildman–Crippen LogP) is 5.48. The summed E-state index contributed by atoms with van der Waals surface area (Å²) in [5.41, 5.74) is 2.49. The van der Waals surface area contributed by atoms with Crippen LogP contribution in [0.25, 0.3) is 5.57 Å². The smallest absolute Gasteiger partial charge is 0.331 e. The molecule has 0 spiro atoms. The number of aromatic nitrogens is 1. The molecule has 0 N–H and O–H groups in total. The van der Waals surface area contributed by atoms with Gasteiger partial charge < -0.3 is 4.90 Å². The predicted molar refractivity (Wildman–Crippen MR) is 108 cm³/mol. The molecule has 6 atom stereocenters. The molecular formula is C24H29F3N2O. The van der Waals surface area contributed by atoms with Gasteiger partial charge in [-0.05, 0) is 84.3 Å². The summed E-state index contributed by atoms with van der Waals surface area (Å²) in [6, 6.07) is 3.84. The van der Waals surface area contributed by atoms with Crippen LogP contribution in [0.1, 0.15) is 57.9 Å². The van der Waals surface area contributed by atoms with E-state index in [-0.39, 0.29) is 23.4 Å². The average molecular weight is 419 g/mol. The van der Waals surface area contributed by atoms with Crippen LogP contribution in [0.4, 0.5) is 13.2 Å². The van der Waals surface area contributed by atoms with Gasteiger partial charge in [0.1, 0.15) is 0 Å². The summed E-state index contributed by atoms with van der Waals surface area (Å²) < 4.78 is 39.4. The normalized spacial score (nSPS) is 40.4. The van der Waals surface area contributed by atoms with Crippen molar-refractivity contribution in [3.05, 3.63) is 36.2 Å². The lowest BCUT2D eigenvalue weighted by Crippen LogP contribution is -2.56. The van der Waals surface area contributed by atoms with E-state index >= 15 is 0 Å². The number of allylic oxidation sites excluding steroid dienone is 2. The second-order valence-electron chi connectivity index (χ2n) is 10.3. The first-order valence-electron chi connectivity index (χ1n) is 11.1. The van der Waals surface area contributed by atoms with Crippen LogP contribution in [0.5, 0.6) is 0 Å². The van der Waals surface area contributed by atoms with Crippen LogP contribution in [-0.4, -0.2) is 34.6 Å². The molecule has 3 fully saturated rings. The summed E-state index contributed by atoms with van der Waals surface area (Å²) in [6.07, 6.45) is 6.75. The topological polar surface area (TPSA) is 33.2 Å².